The van der Waals surface area contributed by atoms with Crippen LogP contribution >= 0.6 is 0 Å². The molecule has 0 spiro atoms. The van der Waals surface area contributed by atoms with Crippen LogP contribution in [-0.2, 0) is 14.3 Å². The Labute approximate surface area is 110 Å². The Bertz CT molecular complexity index is 344. The summed E-state index contributed by atoms with van der Waals surface area (Å²) in [5.41, 5.74) is -0.444. The van der Waals surface area contributed by atoms with Crippen LogP contribution in [0.25, 0.3) is 0 Å². The highest BCUT2D eigenvalue weighted by Crippen LogP contribution is 2.29. The van der Waals surface area contributed by atoms with Crippen molar-refractivity contribution in [3.8, 4) is 0 Å². The van der Waals surface area contributed by atoms with Crippen LogP contribution in [0.15, 0.2) is 12.2 Å². The van der Waals surface area contributed by atoms with Crippen molar-refractivity contribution in [2.45, 2.75) is 59.0 Å². The lowest BCUT2D eigenvalue weighted by atomic mass is 9.88. The van der Waals surface area contributed by atoms with E-state index in [2.05, 4.69) is 19.9 Å². The fourth-order valence-electron chi connectivity index (χ4n) is 2.18. The van der Waals surface area contributed by atoms with Gasteiger partial charge in [-0.2, -0.15) is 0 Å². The highest BCUT2D eigenvalue weighted by molar-refractivity contribution is 5.75. The summed E-state index contributed by atoms with van der Waals surface area (Å²) in [5.74, 6) is 0.964. The van der Waals surface area contributed by atoms with Crippen molar-refractivity contribution >= 4 is 11.8 Å². The number of esters is 1. The molecule has 0 N–H and O–H groups in total. The van der Waals surface area contributed by atoms with Gasteiger partial charge in [-0.05, 0) is 38.2 Å². The number of ether oxygens (including phenoxy) is 1. The normalized spacial score (nSPS) is 25.7. The first-order valence-electron chi connectivity index (χ1n) is 6.73. The molecule has 0 aromatic carbocycles. The molecule has 0 saturated carbocycles. The van der Waals surface area contributed by atoms with Gasteiger partial charge in [-0.15, -0.1) is 0 Å². The molecule has 1 saturated heterocycles. The van der Waals surface area contributed by atoms with Crippen molar-refractivity contribution < 1.29 is 14.3 Å². The number of carbonyl (C=O) groups is 2. The standard InChI is InChI=1S/C15H24O3/c1-11(2)13(6-5-12(3)16)7-9-15(4)10-8-14(17)18-15/h7,9,11,13H,5-6,8,10H2,1-4H3/b9-7+. The molecule has 3 heteroatoms. The maximum Gasteiger partial charge on any atom is 0.306 e. The van der Waals surface area contributed by atoms with Crippen LogP contribution in [0.1, 0.15) is 53.4 Å². The van der Waals surface area contributed by atoms with E-state index in [-0.39, 0.29) is 11.8 Å². The van der Waals surface area contributed by atoms with Gasteiger partial charge >= 0.3 is 5.97 Å². The Morgan fingerprint density at radius 1 is 1.50 bits per heavy atom. The number of cyclic esters (lactones) is 1. The van der Waals surface area contributed by atoms with Crippen molar-refractivity contribution in [1.29, 1.82) is 0 Å². The molecule has 0 bridgehead atoms. The van der Waals surface area contributed by atoms with Crippen LogP contribution in [-0.4, -0.2) is 17.4 Å². The first kappa shape index (κ1) is 14.9. The predicted octanol–water partition coefficient (Wildman–Crippen LogP) is 3.28. The lowest BCUT2D eigenvalue weighted by molar-refractivity contribution is -0.144. The second-order valence-electron chi connectivity index (χ2n) is 5.79. The fraction of sp³-hybridized carbons (Fsp3) is 0.733. The molecule has 1 fully saturated rings. The zero-order valence-corrected chi connectivity index (χ0v) is 11.9. The highest BCUT2D eigenvalue weighted by Gasteiger charge is 2.33. The minimum absolute atomic E-state index is 0.119. The number of carbonyl (C=O) groups excluding carboxylic acids is 2. The molecular formula is C15H24O3. The minimum Gasteiger partial charge on any atom is -0.455 e. The molecule has 1 rings (SSSR count). The number of hydrogen-bond donors (Lipinski definition) is 0. The average molecular weight is 252 g/mol. The molecule has 1 aliphatic heterocycles. The molecular weight excluding hydrogens is 228 g/mol. The van der Waals surface area contributed by atoms with E-state index in [4.69, 9.17) is 4.74 Å². The molecule has 0 amide bonds. The van der Waals surface area contributed by atoms with E-state index in [1.54, 1.807) is 6.92 Å². The van der Waals surface area contributed by atoms with Gasteiger partial charge in [0.25, 0.3) is 0 Å². The maximum atomic E-state index is 11.2. The maximum absolute atomic E-state index is 11.2. The van der Waals surface area contributed by atoms with Crippen LogP contribution < -0.4 is 0 Å². The van der Waals surface area contributed by atoms with Gasteiger partial charge in [0.15, 0.2) is 0 Å². The smallest absolute Gasteiger partial charge is 0.306 e. The average Bonchev–Trinajstić information content (AvgIpc) is 2.58. The van der Waals surface area contributed by atoms with Gasteiger partial charge < -0.3 is 9.53 Å². The van der Waals surface area contributed by atoms with Crippen molar-refractivity contribution in [2.75, 3.05) is 0 Å². The molecule has 2 atom stereocenters. The summed E-state index contributed by atoms with van der Waals surface area (Å²) in [7, 11) is 0. The molecule has 18 heavy (non-hydrogen) atoms. The van der Waals surface area contributed by atoms with Crippen molar-refractivity contribution in [3.63, 3.8) is 0 Å². The third-order valence-corrected chi connectivity index (χ3v) is 3.55. The Kier molecular flexibility index (Phi) is 5.12. The second kappa shape index (κ2) is 6.17. The molecule has 0 aromatic heterocycles. The Balaban J connectivity index is 2.59. The number of Topliss-reactive ketones (excluding diaryl/α,β-unsaturated/α-hetero) is 1. The quantitative estimate of drug-likeness (QED) is 0.538. The Hall–Kier alpha value is -1.12. The number of hydrogen-bond acceptors (Lipinski definition) is 3. The van der Waals surface area contributed by atoms with E-state index in [9.17, 15) is 9.59 Å². The van der Waals surface area contributed by atoms with Gasteiger partial charge in [-0.3, -0.25) is 4.79 Å². The van der Waals surface area contributed by atoms with E-state index in [0.29, 0.717) is 24.7 Å². The van der Waals surface area contributed by atoms with Gasteiger partial charge in [0.2, 0.25) is 0 Å². The first-order chi connectivity index (χ1) is 8.32. The fourth-order valence-corrected chi connectivity index (χ4v) is 2.18. The molecule has 0 aliphatic carbocycles. The van der Waals surface area contributed by atoms with E-state index in [0.717, 1.165) is 12.8 Å². The summed E-state index contributed by atoms with van der Waals surface area (Å²) in [5, 5.41) is 0. The molecule has 102 valence electrons. The van der Waals surface area contributed by atoms with Crippen LogP contribution in [0.2, 0.25) is 0 Å². The molecule has 2 unspecified atom stereocenters. The molecule has 0 radical (unpaired) electrons. The third kappa shape index (κ3) is 4.63. The first-order valence-corrected chi connectivity index (χ1v) is 6.73. The molecule has 1 heterocycles. The Morgan fingerprint density at radius 3 is 2.61 bits per heavy atom. The van der Waals surface area contributed by atoms with Gasteiger partial charge in [0, 0.05) is 19.3 Å². The van der Waals surface area contributed by atoms with Gasteiger partial charge in [0.1, 0.15) is 11.4 Å². The van der Waals surface area contributed by atoms with E-state index in [1.807, 2.05) is 13.0 Å². The van der Waals surface area contributed by atoms with Gasteiger partial charge in [0.05, 0.1) is 0 Å². The summed E-state index contributed by atoms with van der Waals surface area (Å²) >= 11 is 0. The predicted molar refractivity (Wildman–Crippen MR) is 71.1 cm³/mol. The summed E-state index contributed by atoms with van der Waals surface area (Å²) in [4.78, 5) is 22.2. The van der Waals surface area contributed by atoms with Crippen LogP contribution in [0, 0.1) is 11.8 Å². The van der Waals surface area contributed by atoms with Crippen molar-refractivity contribution in [3.05, 3.63) is 12.2 Å². The number of rotatable bonds is 6. The summed E-state index contributed by atoms with van der Waals surface area (Å²) in [6, 6.07) is 0. The molecule has 1 aliphatic rings. The lowest BCUT2D eigenvalue weighted by Gasteiger charge is -2.21. The van der Waals surface area contributed by atoms with Gasteiger partial charge in [-0.1, -0.05) is 19.9 Å². The number of ketones is 1. The monoisotopic (exact) mass is 252 g/mol. The lowest BCUT2D eigenvalue weighted by Crippen LogP contribution is -2.21. The molecule has 3 nitrogen and oxygen atoms in total. The largest absolute Gasteiger partial charge is 0.455 e. The van der Waals surface area contributed by atoms with E-state index < -0.39 is 5.60 Å². The highest BCUT2D eigenvalue weighted by atomic mass is 16.6. The zero-order chi connectivity index (χ0) is 13.8. The summed E-state index contributed by atoms with van der Waals surface area (Å²) < 4.78 is 5.31. The third-order valence-electron chi connectivity index (χ3n) is 3.55. The SMILES string of the molecule is CC(=O)CCC(/C=C/C1(C)CCC(=O)O1)C(C)C. The summed E-state index contributed by atoms with van der Waals surface area (Å²) in [6.45, 7) is 7.87. The van der Waals surface area contributed by atoms with Crippen molar-refractivity contribution in [1.82, 2.24) is 0 Å². The van der Waals surface area contributed by atoms with E-state index >= 15 is 0 Å². The van der Waals surface area contributed by atoms with E-state index in [1.165, 1.54) is 0 Å². The topological polar surface area (TPSA) is 43.4 Å². The van der Waals surface area contributed by atoms with Gasteiger partial charge in [-0.25, -0.2) is 0 Å². The minimum atomic E-state index is -0.444. The van der Waals surface area contributed by atoms with Crippen LogP contribution in [0.4, 0.5) is 0 Å². The zero-order valence-electron chi connectivity index (χ0n) is 11.9. The van der Waals surface area contributed by atoms with Crippen LogP contribution in [0.5, 0.6) is 0 Å². The van der Waals surface area contributed by atoms with Crippen molar-refractivity contribution in [2.24, 2.45) is 11.8 Å². The van der Waals surface area contributed by atoms with Crippen LogP contribution in [0.3, 0.4) is 0 Å². The Morgan fingerprint density at radius 2 is 2.17 bits per heavy atom. The molecule has 0 aromatic rings. The summed E-state index contributed by atoms with van der Waals surface area (Å²) in [6.07, 6.45) is 6.85. The number of allylic oxidation sites excluding steroid dienone is 1. The second-order valence-corrected chi connectivity index (χ2v) is 5.79.